The highest BCUT2D eigenvalue weighted by Gasteiger charge is 2.19. The summed E-state index contributed by atoms with van der Waals surface area (Å²) < 4.78 is 0. The van der Waals surface area contributed by atoms with Crippen LogP contribution in [-0.4, -0.2) is 15.0 Å². The first-order chi connectivity index (χ1) is 23.8. The van der Waals surface area contributed by atoms with E-state index in [-0.39, 0.29) is 5.92 Å². The first-order valence-electron chi connectivity index (χ1n) is 16.5. The van der Waals surface area contributed by atoms with Crippen molar-refractivity contribution in [3.8, 4) is 45.0 Å². The van der Waals surface area contributed by atoms with Gasteiger partial charge in [-0.05, 0) is 79.2 Å². The molecule has 1 atom stereocenters. The van der Waals surface area contributed by atoms with Gasteiger partial charge in [0.25, 0.3) is 0 Å². The zero-order valence-corrected chi connectivity index (χ0v) is 26.3. The second-order valence-electron chi connectivity index (χ2n) is 12.3. The van der Waals surface area contributed by atoms with Crippen LogP contribution in [0.5, 0.6) is 0 Å². The summed E-state index contributed by atoms with van der Waals surface area (Å²) in [5, 5.41) is 7.53. The molecule has 0 saturated carbocycles. The van der Waals surface area contributed by atoms with Gasteiger partial charge in [-0.2, -0.15) is 0 Å². The third kappa shape index (κ3) is 4.97. The Kier molecular flexibility index (Phi) is 6.94. The number of allylic oxidation sites excluding steroid dienone is 4. The van der Waals surface area contributed by atoms with Crippen LogP contribution in [0, 0.1) is 0 Å². The van der Waals surface area contributed by atoms with Gasteiger partial charge in [-0.3, -0.25) is 0 Å². The Labute approximate surface area is 279 Å². The third-order valence-corrected chi connectivity index (χ3v) is 9.38. The second-order valence-corrected chi connectivity index (χ2v) is 12.3. The highest BCUT2D eigenvalue weighted by Crippen LogP contribution is 2.43. The first kappa shape index (κ1) is 28.1. The van der Waals surface area contributed by atoms with Crippen molar-refractivity contribution >= 4 is 32.3 Å². The predicted octanol–water partition coefficient (Wildman–Crippen LogP) is 11.6. The van der Waals surface area contributed by atoms with Gasteiger partial charge in [-0.25, -0.2) is 15.0 Å². The molecule has 0 radical (unpaired) electrons. The Hall–Kier alpha value is -6.19. The Morgan fingerprint density at radius 1 is 0.417 bits per heavy atom. The van der Waals surface area contributed by atoms with Crippen LogP contribution >= 0.6 is 0 Å². The van der Waals surface area contributed by atoms with E-state index >= 15 is 0 Å². The average Bonchev–Trinajstić information content (AvgIpc) is 3.18. The van der Waals surface area contributed by atoms with Gasteiger partial charge < -0.3 is 0 Å². The van der Waals surface area contributed by atoms with Crippen LogP contribution in [0.15, 0.2) is 170 Å². The summed E-state index contributed by atoms with van der Waals surface area (Å²) in [5.74, 6) is 2.27. The first-order valence-corrected chi connectivity index (χ1v) is 16.5. The summed E-state index contributed by atoms with van der Waals surface area (Å²) in [5.41, 5.74) is 6.64. The van der Waals surface area contributed by atoms with Crippen molar-refractivity contribution in [3.63, 3.8) is 0 Å². The monoisotopic (exact) mass is 613 g/mol. The minimum atomic E-state index is 0.105. The van der Waals surface area contributed by atoms with E-state index in [2.05, 4.69) is 152 Å². The molecular weight excluding hydrogens is 583 g/mol. The number of hydrogen-bond acceptors (Lipinski definition) is 3. The van der Waals surface area contributed by atoms with Crippen molar-refractivity contribution in [1.29, 1.82) is 0 Å². The fraction of sp³-hybridized carbons (Fsp3) is 0.0444. The van der Waals surface area contributed by atoms with Crippen molar-refractivity contribution in [3.05, 3.63) is 176 Å². The summed E-state index contributed by atoms with van der Waals surface area (Å²) in [6.07, 6.45) is 9.39. The number of benzene rings is 7. The number of fused-ring (bicyclic) bond motifs is 6. The molecule has 1 aliphatic rings. The molecule has 226 valence electrons. The number of rotatable bonds is 5. The second kappa shape index (κ2) is 11.9. The van der Waals surface area contributed by atoms with Crippen LogP contribution in [0.3, 0.4) is 0 Å². The van der Waals surface area contributed by atoms with Crippen LogP contribution < -0.4 is 0 Å². The highest BCUT2D eigenvalue weighted by atomic mass is 15.0. The molecular formula is C45H31N3. The zero-order chi connectivity index (χ0) is 31.9. The van der Waals surface area contributed by atoms with Gasteiger partial charge in [0.2, 0.25) is 0 Å². The smallest absolute Gasteiger partial charge is 0.163 e. The average molecular weight is 614 g/mol. The highest BCUT2D eigenvalue weighted by molar-refractivity contribution is 6.29. The van der Waals surface area contributed by atoms with Crippen LogP contribution in [0.25, 0.3) is 77.3 Å². The van der Waals surface area contributed by atoms with Crippen LogP contribution in [0.2, 0.25) is 0 Å². The standard InChI is InChI=1S/C45H31N3/c1-4-15-30(16-5-1)35-28-40(42-39-26-13-12-24-37(39)36-23-10-11-25-38(36)41(42)29-35)33-21-14-22-34(27-33)45-47-43(31-17-6-2-7-18-31)46-44(48-45)32-19-8-3-9-20-32/h1-19,21-29,32H,20H2. The van der Waals surface area contributed by atoms with Crippen molar-refractivity contribution < 1.29 is 0 Å². The van der Waals surface area contributed by atoms with Gasteiger partial charge in [0.05, 0.1) is 0 Å². The van der Waals surface area contributed by atoms with Crippen molar-refractivity contribution in [2.75, 3.05) is 0 Å². The lowest BCUT2D eigenvalue weighted by molar-refractivity contribution is 0.764. The van der Waals surface area contributed by atoms with Crippen molar-refractivity contribution in [2.45, 2.75) is 12.3 Å². The fourth-order valence-corrected chi connectivity index (χ4v) is 7.06. The number of hydrogen-bond donors (Lipinski definition) is 0. The minimum Gasteiger partial charge on any atom is -0.212 e. The van der Waals surface area contributed by atoms with Gasteiger partial charge in [-0.15, -0.1) is 0 Å². The molecule has 7 aromatic carbocycles. The molecule has 8 aromatic rings. The lowest BCUT2D eigenvalue weighted by Crippen LogP contribution is -2.07. The number of aromatic nitrogens is 3. The van der Waals surface area contributed by atoms with E-state index in [0.717, 1.165) is 28.9 Å². The SMILES string of the molecule is C1=CCC(c2nc(-c3ccccc3)nc(-c3cccc(-c4cc(-c5ccccc5)cc5c6ccccc6c6ccccc6c45)c3)n2)C=C1. The fourth-order valence-electron chi connectivity index (χ4n) is 7.06. The van der Waals surface area contributed by atoms with E-state index in [4.69, 9.17) is 15.0 Å². The molecule has 0 fully saturated rings. The van der Waals surface area contributed by atoms with E-state index in [1.165, 1.54) is 49.0 Å². The Balaban J connectivity index is 1.30. The molecule has 0 saturated heterocycles. The van der Waals surface area contributed by atoms with E-state index in [0.29, 0.717) is 11.6 Å². The summed E-state index contributed by atoms with van der Waals surface area (Å²) in [6.45, 7) is 0. The molecule has 3 heteroatoms. The van der Waals surface area contributed by atoms with E-state index in [1.54, 1.807) is 0 Å². The molecule has 1 unspecified atom stereocenters. The van der Waals surface area contributed by atoms with Crippen molar-refractivity contribution in [2.24, 2.45) is 0 Å². The molecule has 1 aliphatic carbocycles. The molecule has 9 rings (SSSR count). The largest absolute Gasteiger partial charge is 0.212 e. The quantitative estimate of drug-likeness (QED) is 0.181. The maximum atomic E-state index is 5.10. The maximum absolute atomic E-state index is 5.10. The summed E-state index contributed by atoms with van der Waals surface area (Å²) >= 11 is 0. The molecule has 0 bridgehead atoms. The summed E-state index contributed by atoms with van der Waals surface area (Å²) in [7, 11) is 0. The molecule has 1 heterocycles. The maximum Gasteiger partial charge on any atom is 0.163 e. The van der Waals surface area contributed by atoms with E-state index < -0.39 is 0 Å². The number of nitrogens with zero attached hydrogens (tertiary/aromatic N) is 3. The lowest BCUT2D eigenvalue weighted by Gasteiger charge is -2.17. The summed E-state index contributed by atoms with van der Waals surface area (Å²) in [4.78, 5) is 15.1. The van der Waals surface area contributed by atoms with Gasteiger partial charge in [0.1, 0.15) is 5.82 Å². The van der Waals surface area contributed by atoms with Gasteiger partial charge in [0.15, 0.2) is 11.6 Å². The van der Waals surface area contributed by atoms with Gasteiger partial charge in [0, 0.05) is 17.0 Å². The Morgan fingerprint density at radius 2 is 1.00 bits per heavy atom. The predicted molar refractivity (Wildman–Crippen MR) is 200 cm³/mol. The lowest BCUT2D eigenvalue weighted by atomic mass is 9.86. The van der Waals surface area contributed by atoms with Gasteiger partial charge >= 0.3 is 0 Å². The van der Waals surface area contributed by atoms with E-state index in [1.807, 2.05) is 18.2 Å². The topological polar surface area (TPSA) is 38.7 Å². The molecule has 0 N–H and O–H groups in total. The summed E-state index contributed by atoms with van der Waals surface area (Å²) in [6, 6.07) is 51.9. The van der Waals surface area contributed by atoms with Crippen LogP contribution in [0.1, 0.15) is 18.2 Å². The normalized spacial score (nSPS) is 14.2. The molecule has 48 heavy (non-hydrogen) atoms. The minimum absolute atomic E-state index is 0.105. The zero-order valence-electron chi connectivity index (χ0n) is 26.3. The molecule has 0 aliphatic heterocycles. The molecule has 0 amide bonds. The Bertz CT molecular complexity index is 2530. The molecule has 3 nitrogen and oxygen atoms in total. The molecule has 0 spiro atoms. The Morgan fingerprint density at radius 3 is 1.71 bits per heavy atom. The molecule has 1 aromatic heterocycles. The van der Waals surface area contributed by atoms with Crippen LogP contribution in [-0.2, 0) is 0 Å². The van der Waals surface area contributed by atoms with Crippen LogP contribution in [0.4, 0.5) is 0 Å². The third-order valence-electron chi connectivity index (χ3n) is 9.38. The van der Waals surface area contributed by atoms with Crippen molar-refractivity contribution in [1.82, 2.24) is 15.0 Å². The van der Waals surface area contributed by atoms with Gasteiger partial charge in [-0.1, -0.05) is 152 Å². The van der Waals surface area contributed by atoms with E-state index in [9.17, 15) is 0 Å².